The Labute approximate surface area is 198 Å². The number of alkyl carbamates (subject to hydrolysis) is 1. The van der Waals surface area contributed by atoms with Gasteiger partial charge in [-0.25, -0.2) is 14.4 Å². The topological polar surface area (TPSA) is 144 Å². The van der Waals surface area contributed by atoms with Gasteiger partial charge in [-0.15, -0.1) is 0 Å². The molecule has 2 amide bonds. The summed E-state index contributed by atoms with van der Waals surface area (Å²) in [4.78, 5) is 50.3. The van der Waals surface area contributed by atoms with Crippen LogP contribution in [0.1, 0.15) is 26.3 Å². The van der Waals surface area contributed by atoms with Crippen LogP contribution < -0.4 is 10.6 Å². The highest BCUT2D eigenvalue weighted by atomic mass is 16.6. The maximum Gasteiger partial charge on any atom is 0.408 e. The van der Waals surface area contributed by atoms with Crippen LogP contribution >= 0.6 is 0 Å². The molecule has 1 aliphatic heterocycles. The van der Waals surface area contributed by atoms with Crippen LogP contribution in [-0.4, -0.2) is 79.5 Å². The number of nitrogens with zero attached hydrogens (tertiary/aromatic N) is 1. The number of carbonyl (C=O) groups excluding carboxylic acids is 4. The average Bonchev–Trinajstić information content (AvgIpc) is 3.07. The number of β-amino-alcohol motifs (C(OH)–C–C–N with tert-alkyl or cyclic N) is 1. The number of hydrogen-bond donors (Lipinski definition) is 3. The van der Waals surface area contributed by atoms with E-state index in [1.165, 1.54) is 19.1 Å². The van der Waals surface area contributed by atoms with Gasteiger partial charge in [0.05, 0.1) is 32.9 Å². The summed E-state index contributed by atoms with van der Waals surface area (Å²) in [5, 5.41) is 14.6. The molecule has 0 radical (unpaired) electrons. The molecule has 1 aliphatic rings. The van der Waals surface area contributed by atoms with E-state index in [2.05, 4.69) is 10.6 Å². The van der Waals surface area contributed by atoms with E-state index >= 15 is 0 Å². The SMILES string of the molecule is COC(=O)C1=C(Nc2ccc(CC(NC(=O)OC(C)(C)C)C(=O)OC)cc2)C(=O)N(CCO)C1. The van der Waals surface area contributed by atoms with Gasteiger partial charge in [0.25, 0.3) is 5.91 Å². The second-order valence-electron chi connectivity index (χ2n) is 8.54. The normalized spacial score (nSPS) is 14.5. The molecule has 0 bridgehead atoms. The van der Waals surface area contributed by atoms with E-state index < -0.39 is 35.6 Å². The van der Waals surface area contributed by atoms with Gasteiger partial charge in [-0.1, -0.05) is 12.1 Å². The van der Waals surface area contributed by atoms with Crippen LogP contribution in [-0.2, 0) is 35.0 Å². The Hall–Kier alpha value is -3.60. The Kier molecular flexibility index (Phi) is 9.02. The van der Waals surface area contributed by atoms with Crippen LogP contribution in [0, 0.1) is 0 Å². The smallest absolute Gasteiger partial charge is 0.408 e. The van der Waals surface area contributed by atoms with E-state index in [-0.39, 0.29) is 37.4 Å². The van der Waals surface area contributed by atoms with Crippen LogP contribution in [0.3, 0.4) is 0 Å². The molecule has 1 atom stereocenters. The van der Waals surface area contributed by atoms with Crippen molar-refractivity contribution in [3.05, 3.63) is 41.1 Å². The molecule has 0 spiro atoms. The first-order chi connectivity index (χ1) is 16.0. The predicted octanol–water partition coefficient (Wildman–Crippen LogP) is 0.969. The minimum Gasteiger partial charge on any atom is -0.467 e. The average molecular weight is 478 g/mol. The second-order valence-corrected chi connectivity index (χ2v) is 8.54. The van der Waals surface area contributed by atoms with Gasteiger partial charge in [-0.3, -0.25) is 4.79 Å². The number of aliphatic hydroxyl groups is 1. The number of ether oxygens (including phenoxy) is 3. The standard InChI is InChI=1S/C23H31N3O8/c1-23(2,3)34-22(31)25-17(21(30)33-5)12-14-6-8-15(9-7-14)24-18-16(20(29)32-4)13-26(10-11-27)19(18)28/h6-9,17,24,27H,10-13H2,1-5H3,(H,25,31). The zero-order chi connectivity index (χ0) is 25.5. The first kappa shape index (κ1) is 26.7. The molecule has 2 rings (SSSR count). The summed E-state index contributed by atoms with van der Waals surface area (Å²) in [7, 11) is 2.45. The summed E-state index contributed by atoms with van der Waals surface area (Å²) in [6.45, 7) is 5.02. The zero-order valence-corrected chi connectivity index (χ0v) is 20.0. The van der Waals surface area contributed by atoms with Gasteiger partial charge < -0.3 is 34.9 Å². The number of aliphatic hydroxyl groups excluding tert-OH is 1. The van der Waals surface area contributed by atoms with E-state index in [1.807, 2.05) is 0 Å². The largest absolute Gasteiger partial charge is 0.467 e. The summed E-state index contributed by atoms with van der Waals surface area (Å²) in [6, 6.07) is 5.79. The number of benzene rings is 1. The van der Waals surface area contributed by atoms with Crippen molar-refractivity contribution in [3.63, 3.8) is 0 Å². The fourth-order valence-corrected chi connectivity index (χ4v) is 3.24. The van der Waals surface area contributed by atoms with Crippen LogP contribution in [0.15, 0.2) is 35.5 Å². The lowest BCUT2D eigenvalue weighted by Crippen LogP contribution is -2.45. The van der Waals surface area contributed by atoms with Crippen molar-refractivity contribution in [2.24, 2.45) is 0 Å². The summed E-state index contributed by atoms with van der Waals surface area (Å²) in [5.74, 6) is -1.69. The Bertz CT molecular complexity index is 950. The van der Waals surface area contributed by atoms with Crippen LogP contribution in [0.2, 0.25) is 0 Å². The Morgan fingerprint density at radius 3 is 2.29 bits per heavy atom. The first-order valence-electron chi connectivity index (χ1n) is 10.6. The Balaban J connectivity index is 2.14. The van der Waals surface area contributed by atoms with E-state index in [1.54, 1.807) is 45.0 Å². The highest BCUT2D eigenvalue weighted by Crippen LogP contribution is 2.23. The van der Waals surface area contributed by atoms with Crippen molar-refractivity contribution in [1.82, 2.24) is 10.2 Å². The molecule has 34 heavy (non-hydrogen) atoms. The Morgan fingerprint density at radius 2 is 1.76 bits per heavy atom. The van der Waals surface area contributed by atoms with Crippen molar-refractivity contribution in [1.29, 1.82) is 0 Å². The summed E-state index contributed by atoms with van der Waals surface area (Å²) in [6.07, 6.45) is -0.596. The molecule has 0 aromatic heterocycles. The number of methoxy groups -OCH3 is 2. The van der Waals surface area contributed by atoms with Crippen molar-refractivity contribution in [3.8, 4) is 0 Å². The van der Waals surface area contributed by atoms with E-state index in [0.29, 0.717) is 11.3 Å². The molecule has 1 heterocycles. The minimum atomic E-state index is -0.962. The highest BCUT2D eigenvalue weighted by Gasteiger charge is 2.34. The minimum absolute atomic E-state index is 0.0314. The number of amides is 2. The number of hydrogen-bond acceptors (Lipinski definition) is 9. The lowest BCUT2D eigenvalue weighted by molar-refractivity contribution is -0.143. The van der Waals surface area contributed by atoms with Crippen molar-refractivity contribution >= 4 is 29.6 Å². The molecule has 0 aliphatic carbocycles. The fourth-order valence-electron chi connectivity index (χ4n) is 3.24. The van der Waals surface area contributed by atoms with Gasteiger partial charge in [0, 0.05) is 18.7 Å². The molecular weight excluding hydrogens is 446 g/mol. The van der Waals surface area contributed by atoms with Gasteiger partial charge in [0.15, 0.2) is 0 Å². The second kappa shape index (κ2) is 11.5. The predicted molar refractivity (Wildman–Crippen MR) is 122 cm³/mol. The van der Waals surface area contributed by atoms with Crippen LogP contribution in [0.25, 0.3) is 0 Å². The third-order valence-electron chi connectivity index (χ3n) is 4.79. The van der Waals surface area contributed by atoms with E-state index in [4.69, 9.17) is 19.3 Å². The maximum absolute atomic E-state index is 12.6. The van der Waals surface area contributed by atoms with Gasteiger partial charge in [-0.05, 0) is 38.5 Å². The lowest BCUT2D eigenvalue weighted by Gasteiger charge is -2.22. The number of nitrogens with one attached hydrogen (secondary N) is 2. The van der Waals surface area contributed by atoms with Crippen molar-refractivity contribution in [2.45, 2.75) is 38.8 Å². The van der Waals surface area contributed by atoms with Crippen molar-refractivity contribution in [2.75, 3.05) is 39.2 Å². The van der Waals surface area contributed by atoms with Gasteiger partial charge in [0.2, 0.25) is 0 Å². The number of esters is 2. The molecule has 0 saturated heterocycles. The molecule has 1 unspecified atom stereocenters. The third kappa shape index (κ3) is 7.20. The monoisotopic (exact) mass is 477 g/mol. The highest BCUT2D eigenvalue weighted by molar-refractivity contribution is 6.08. The van der Waals surface area contributed by atoms with Gasteiger partial charge in [-0.2, -0.15) is 0 Å². The molecule has 1 aromatic rings. The Morgan fingerprint density at radius 1 is 1.12 bits per heavy atom. The van der Waals surface area contributed by atoms with Crippen LogP contribution in [0.4, 0.5) is 10.5 Å². The summed E-state index contributed by atoms with van der Waals surface area (Å²) < 4.78 is 14.8. The first-order valence-corrected chi connectivity index (χ1v) is 10.6. The molecule has 11 nitrogen and oxygen atoms in total. The van der Waals surface area contributed by atoms with E-state index in [0.717, 1.165) is 0 Å². The third-order valence-corrected chi connectivity index (χ3v) is 4.79. The molecule has 3 N–H and O–H groups in total. The fraction of sp³-hybridized carbons (Fsp3) is 0.478. The van der Waals surface area contributed by atoms with Gasteiger partial charge in [0.1, 0.15) is 17.3 Å². The summed E-state index contributed by atoms with van der Waals surface area (Å²) in [5.41, 5.74) is 0.748. The quantitative estimate of drug-likeness (QED) is 0.350. The van der Waals surface area contributed by atoms with Crippen molar-refractivity contribution < 1.29 is 38.5 Å². The summed E-state index contributed by atoms with van der Waals surface area (Å²) >= 11 is 0. The molecule has 1 aromatic carbocycles. The van der Waals surface area contributed by atoms with E-state index in [9.17, 15) is 19.2 Å². The zero-order valence-electron chi connectivity index (χ0n) is 20.0. The number of carbonyl (C=O) groups is 4. The molecule has 0 fully saturated rings. The number of anilines is 1. The van der Waals surface area contributed by atoms with Gasteiger partial charge >= 0.3 is 18.0 Å². The molecule has 0 saturated carbocycles. The number of rotatable bonds is 9. The lowest BCUT2D eigenvalue weighted by atomic mass is 10.1. The maximum atomic E-state index is 12.6. The molecular formula is C23H31N3O8. The molecule has 186 valence electrons. The van der Waals surface area contributed by atoms with Crippen LogP contribution in [0.5, 0.6) is 0 Å². The molecule has 11 heteroatoms.